The van der Waals surface area contributed by atoms with Gasteiger partial charge in [-0.3, -0.25) is 0 Å². The maximum Gasteiger partial charge on any atom is 0.330 e. The van der Waals surface area contributed by atoms with Crippen molar-refractivity contribution in [1.82, 2.24) is 0 Å². The van der Waals surface area contributed by atoms with Gasteiger partial charge in [-0.1, -0.05) is 50.2 Å². The lowest BCUT2D eigenvalue weighted by Crippen LogP contribution is -2.01. The number of benzene rings is 1. The maximum absolute atomic E-state index is 11.2. The molecular weight excluding hydrogens is 272 g/mol. The molecule has 0 aliphatic rings. The van der Waals surface area contributed by atoms with Crippen LogP contribution in [0.1, 0.15) is 25.3 Å². The molecule has 0 aliphatic carbocycles. The fourth-order valence-corrected chi connectivity index (χ4v) is 1.09. The summed E-state index contributed by atoms with van der Waals surface area (Å²) in [6.45, 7) is 4.70. The summed E-state index contributed by atoms with van der Waals surface area (Å²) in [5.74, 6) is -0.271. The Morgan fingerprint density at radius 3 is 2.53 bits per heavy atom. The van der Waals surface area contributed by atoms with Crippen LogP contribution in [0.5, 0.6) is 0 Å². The molecule has 0 heterocycles. The molecule has 0 aromatic heterocycles. The summed E-state index contributed by atoms with van der Waals surface area (Å²) >= 11 is 0. The quantitative estimate of drug-likeness (QED) is 0.345. The van der Waals surface area contributed by atoms with Gasteiger partial charge in [-0.2, -0.15) is 0 Å². The van der Waals surface area contributed by atoms with Crippen molar-refractivity contribution >= 4 is 32.3 Å². The van der Waals surface area contributed by atoms with Crippen LogP contribution in [-0.2, 0) is 13.6 Å². The monoisotopic (exact) mass is 296 g/mol. The number of hydrogen-bond donors (Lipinski definition) is 0. The smallest absolute Gasteiger partial charge is 0.330 e. The van der Waals surface area contributed by atoms with Gasteiger partial charge in [-0.25, -0.2) is 4.79 Å². The summed E-state index contributed by atoms with van der Waals surface area (Å²) in [7, 11) is 0.938. The number of unbranched alkanes of at least 4 members (excludes halogenated alkanes) is 1. The van der Waals surface area contributed by atoms with Crippen molar-refractivity contribution in [1.29, 1.82) is 0 Å². The van der Waals surface area contributed by atoms with Crippen molar-refractivity contribution in [3.63, 3.8) is 0 Å². The molecule has 0 amide bonds. The van der Waals surface area contributed by atoms with Crippen molar-refractivity contribution in [3.05, 3.63) is 42.0 Å². The first kappa shape index (κ1) is 17.8. The summed E-state index contributed by atoms with van der Waals surface area (Å²) in [5.41, 5.74) is 1.00. The summed E-state index contributed by atoms with van der Waals surface area (Å²) in [5, 5.41) is 0. The molecule has 19 heavy (non-hydrogen) atoms. The molecule has 1 aromatic carbocycles. The van der Waals surface area contributed by atoms with E-state index in [0.717, 1.165) is 28.9 Å². The predicted molar refractivity (Wildman–Crippen MR) is 86.8 cm³/mol. The molecule has 1 rings (SSSR count). The molecule has 0 spiro atoms. The summed E-state index contributed by atoms with van der Waals surface area (Å²) < 4.78 is 9.80. The first-order valence-electron chi connectivity index (χ1n) is 6.63. The number of esters is 1. The van der Waals surface area contributed by atoms with Crippen molar-refractivity contribution in [2.24, 2.45) is 0 Å². The number of ether oxygens (including phenoxy) is 1. The van der Waals surface area contributed by atoms with Crippen LogP contribution in [0.4, 0.5) is 0 Å². The van der Waals surface area contributed by atoms with Gasteiger partial charge in [-0.05, 0) is 18.1 Å². The Hall–Kier alpha value is -1.18. The molecule has 0 saturated carbocycles. The zero-order valence-electron chi connectivity index (χ0n) is 12.1. The molecule has 0 bridgehead atoms. The van der Waals surface area contributed by atoms with E-state index in [9.17, 15) is 4.79 Å². The Labute approximate surface area is 121 Å². The zero-order chi connectivity index (χ0) is 14.3. The second-order valence-corrected chi connectivity index (χ2v) is 6.73. The average Bonchev–Trinajstić information content (AvgIpc) is 2.47. The third kappa shape index (κ3) is 11.6. The van der Waals surface area contributed by atoms with E-state index in [2.05, 4.69) is 13.5 Å². The lowest BCUT2D eigenvalue weighted by atomic mass is 10.2. The third-order valence-electron chi connectivity index (χ3n) is 2.24. The molecule has 0 aliphatic heterocycles. The maximum atomic E-state index is 11.2. The van der Waals surface area contributed by atoms with Crippen LogP contribution >= 0.6 is 0 Å². The van der Waals surface area contributed by atoms with Crippen LogP contribution in [0.25, 0.3) is 6.08 Å². The van der Waals surface area contributed by atoms with Gasteiger partial charge >= 0.3 is 5.97 Å². The number of rotatable bonds is 6. The first-order valence-corrected chi connectivity index (χ1v) is 9.44. The highest BCUT2D eigenvalue weighted by molar-refractivity contribution is 6.32. The molecular formula is C14H24O3Si2. The van der Waals surface area contributed by atoms with Crippen LogP contribution in [0.3, 0.4) is 0 Å². The van der Waals surface area contributed by atoms with Crippen molar-refractivity contribution in [2.75, 3.05) is 6.61 Å². The highest BCUT2D eigenvalue weighted by atomic mass is 28.3. The normalized spacial score (nSPS) is 10.6. The van der Waals surface area contributed by atoms with Crippen LogP contribution < -0.4 is 0 Å². The number of hydrogen-bond acceptors (Lipinski definition) is 3. The van der Waals surface area contributed by atoms with Crippen LogP contribution in [0.2, 0.25) is 6.55 Å². The Kier molecular flexibility index (Phi) is 12.4. The third-order valence-corrected chi connectivity index (χ3v) is 4.55. The Bertz CT molecular complexity index is 351. The fraction of sp³-hybridized carbons (Fsp3) is 0.357. The second kappa shape index (κ2) is 13.3. The van der Waals surface area contributed by atoms with E-state index < -0.39 is 0 Å². The molecule has 1 aromatic rings. The van der Waals surface area contributed by atoms with E-state index in [0.29, 0.717) is 6.61 Å². The van der Waals surface area contributed by atoms with Crippen LogP contribution in [0, 0.1) is 0 Å². The van der Waals surface area contributed by atoms with Gasteiger partial charge in [0.2, 0.25) is 0 Å². The van der Waals surface area contributed by atoms with E-state index in [-0.39, 0.29) is 15.7 Å². The van der Waals surface area contributed by atoms with E-state index in [1.807, 2.05) is 30.3 Å². The topological polar surface area (TPSA) is 35.5 Å². The minimum absolute atomic E-state index is 0.0139. The van der Waals surface area contributed by atoms with Crippen molar-refractivity contribution in [2.45, 2.75) is 26.3 Å². The van der Waals surface area contributed by atoms with Gasteiger partial charge in [0.1, 0.15) is 20.2 Å². The molecule has 0 radical (unpaired) electrons. The average molecular weight is 297 g/mol. The Morgan fingerprint density at radius 2 is 2.00 bits per heavy atom. The Balaban J connectivity index is 0.000000711. The predicted octanol–water partition coefficient (Wildman–Crippen LogP) is 1.46. The zero-order valence-corrected chi connectivity index (χ0v) is 15.5. The standard InChI is InChI=1S/C13H16O2.CH8OSi2/c1-2-3-11-15-13(14)10-9-12-7-5-4-6-8-12;1-4-2-3/h4-10H,2-3,11H2,1H3;4H2,1,3H3. The second-order valence-electron chi connectivity index (χ2n) is 3.84. The van der Waals surface area contributed by atoms with Crippen molar-refractivity contribution < 1.29 is 13.6 Å². The highest BCUT2D eigenvalue weighted by Gasteiger charge is 1.95. The van der Waals surface area contributed by atoms with Gasteiger partial charge in [0, 0.05) is 6.08 Å². The lowest BCUT2D eigenvalue weighted by Gasteiger charge is -1.98. The Morgan fingerprint density at radius 1 is 1.37 bits per heavy atom. The SMILES string of the molecule is CCCCOC(=O)C=Cc1ccccc1.C[SiH2]O[SiH3]. The van der Waals surface area contributed by atoms with Crippen LogP contribution in [-0.4, -0.2) is 32.8 Å². The number of carbonyl (C=O) groups excluding carboxylic acids is 1. The molecule has 5 heteroatoms. The van der Waals surface area contributed by atoms with E-state index >= 15 is 0 Å². The highest BCUT2D eigenvalue weighted by Crippen LogP contribution is 2.01. The lowest BCUT2D eigenvalue weighted by molar-refractivity contribution is -0.137. The fourth-order valence-electron chi connectivity index (χ4n) is 1.09. The molecule has 3 nitrogen and oxygen atoms in total. The molecule has 0 fully saturated rings. The number of carbonyl (C=O) groups is 1. The minimum Gasteiger partial charge on any atom is -0.468 e. The van der Waals surface area contributed by atoms with Gasteiger partial charge < -0.3 is 8.85 Å². The van der Waals surface area contributed by atoms with E-state index in [4.69, 9.17) is 8.85 Å². The van der Waals surface area contributed by atoms with Gasteiger partial charge in [0.25, 0.3) is 0 Å². The molecule has 0 N–H and O–H groups in total. The first-order chi connectivity index (χ1) is 9.24. The van der Waals surface area contributed by atoms with E-state index in [1.165, 1.54) is 6.08 Å². The molecule has 0 unspecified atom stereocenters. The molecule has 0 atom stereocenters. The largest absolute Gasteiger partial charge is 0.468 e. The van der Waals surface area contributed by atoms with Crippen molar-refractivity contribution in [3.8, 4) is 0 Å². The van der Waals surface area contributed by atoms with Gasteiger partial charge in [-0.15, -0.1) is 0 Å². The van der Waals surface area contributed by atoms with Gasteiger partial charge in [0.15, 0.2) is 0 Å². The summed E-state index contributed by atoms with van der Waals surface area (Å²) in [4.78, 5) is 11.2. The minimum atomic E-state index is -0.271. The van der Waals surface area contributed by atoms with E-state index in [1.54, 1.807) is 6.08 Å². The van der Waals surface area contributed by atoms with Crippen LogP contribution in [0.15, 0.2) is 36.4 Å². The molecule has 106 valence electrons. The van der Waals surface area contributed by atoms with Gasteiger partial charge in [0.05, 0.1) is 6.61 Å². The molecule has 0 saturated heterocycles. The summed E-state index contributed by atoms with van der Waals surface area (Å²) in [6.07, 6.45) is 5.18. The summed E-state index contributed by atoms with van der Waals surface area (Å²) in [6, 6.07) is 9.69.